The first-order valence-corrected chi connectivity index (χ1v) is 12.9. The Morgan fingerprint density at radius 2 is 1.84 bits per heavy atom. The molecule has 4 heteroatoms. The zero-order chi connectivity index (χ0) is 21.8. The van der Waals surface area contributed by atoms with Crippen LogP contribution in [0.1, 0.15) is 84.6 Å². The molecule has 0 spiro atoms. The molecule has 5 rings (SSSR count). The molecule has 8 atom stereocenters. The lowest BCUT2D eigenvalue weighted by molar-refractivity contribution is -0.138. The van der Waals surface area contributed by atoms with Crippen LogP contribution in [0.15, 0.2) is 12.4 Å². The highest BCUT2D eigenvalue weighted by Crippen LogP contribution is 2.67. The Morgan fingerprint density at radius 1 is 1.09 bits per heavy atom. The summed E-state index contributed by atoms with van der Waals surface area (Å²) in [6.07, 6.45) is 15.7. The van der Waals surface area contributed by atoms with E-state index in [-0.39, 0.29) is 18.8 Å². The highest BCUT2D eigenvalue weighted by Gasteiger charge is 2.61. The summed E-state index contributed by atoms with van der Waals surface area (Å²) in [5.74, 6) is 4.76. The van der Waals surface area contributed by atoms with Gasteiger partial charge in [0.2, 0.25) is 0 Å². The predicted octanol–water partition coefficient (Wildman–Crippen LogP) is 6.32. The Kier molecular flexibility index (Phi) is 6.66. The standard InChI is InChI=1S/C27H42N2O2.CH4/c1-18-14-28-29(15-18)16-25(30)24-8-7-22-21-6-5-20-13-19(17-31-4)9-11-26(20,2)23(21)10-12-27(22,24)3;/h14-15,19-24H,5-13,16-17H2,1-4H3;1H4. The van der Waals surface area contributed by atoms with Crippen LogP contribution in [-0.2, 0) is 16.1 Å². The number of hydrogen-bond donors (Lipinski definition) is 0. The molecule has 8 unspecified atom stereocenters. The second-order valence-corrected chi connectivity index (χ2v) is 12.1. The zero-order valence-electron chi connectivity index (χ0n) is 20.1. The smallest absolute Gasteiger partial charge is 0.157 e. The molecule has 1 aromatic heterocycles. The molecule has 180 valence electrons. The number of carbonyl (C=O) groups excluding carboxylic acids is 1. The molecular weight excluding hydrogens is 396 g/mol. The highest BCUT2D eigenvalue weighted by atomic mass is 16.5. The average molecular weight is 443 g/mol. The molecule has 4 nitrogen and oxygen atoms in total. The zero-order valence-corrected chi connectivity index (χ0v) is 20.1. The summed E-state index contributed by atoms with van der Waals surface area (Å²) in [5.41, 5.74) is 1.86. The van der Waals surface area contributed by atoms with Gasteiger partial charge in [0.1, 0.15) is 0 Å². The van der Waals surface area contributed by atoms with E-state index in [0.717, 1.165) is 48.2 Å². The number of Topliss-reactive ketones (excluding diaryl/α,β-unsaturated/α-hetero) is 1. The van der Waals surface area contributed by atoms with Gasteiger partial charge >= 0.3 is 0 Å². The fraction of sp³-hybridized carbons (Fsp3) is 0.857. The van der Waals surface area contributed by atoms with Crippen molar-refractivity contribution in [2.45, 2.75) is 92.5 Å². The van der Waals surface area contributed by atoms with E-state index in [4.69, 9.17) is 4.74 Å². The Morgan fingerprint density at radius 3 is 2.56 bits per heavy atom. The van der Waals surface area contributed by atoms with Crippen LogP contribution in [0.4, 0.5) is 0 Å². The number of ketones is 1. The van der Waals surface area contributed by atoms with E-state index >= 15 is 0 Å². The maximum atomic E-state index is 13.4. The molecule has 0 aromatic carbocycles. The Labute approximate surface area is 195 Å². The molecule has 4 aliphatic rings. The van der Waals surface area contributed by atoms with Gasteiger partial charge in [-0.2, -0.15) is 5.10 Å². The first-order valence-electron chi connectivity index (χ1n) is 12.9. The number of rotatable bonds is 5. The second kappa shape index (κ2) is 8.89. The number of carbonyl (C=O) groups is 1. The van der Waals surface area contributed by atoms with Crippen molar-refractivity contribution in [3.05, 3.63) is 18.0 Å². The van der Waals surface area contributed by atoms with Crippen LogP contribution in [0.3, 0.4) is 0 Å². The van der Waals surface area contributed by atoms with Crippen molar-refractivity contribution in [1.29, 1.82) is 0 Å². The van der Waals surface area contributed by atoms with E-state index in [9.17, 15) is 4.79 Å². The molecule has 1 heterocycles. The summed E-state index contributed by atoms with van der Waals surface area (Å²) in [4.78, 5) is 13.4. The van der Waals surface area contributed by atoms with Gasteiger partial charge in [0.25, 0.3) is 0 Å². The molecule has 32 heavy (non-hydrogen) atoms. The first-order chi connectivity index (χ1) is 14.8. The van der Waals surface area contributed by atoms with Crippen LogP contribution in [-0.4, -0.2) is 29.3 Å². The van der Waals surface area contributed by atoms with Gasteiger partial charge in [-0.3, -0.25) is 9.48 Å². The SMILES string of the molecule is C.COCC1CCC2(C)C(CCC3C2CCC2(C)C(C(=O)Cn4cc(C)cn4)CCC32)C1. The number of ether oxygens (including phenoxy) is 1. The quantitative estimate of drug-likeness (QED) is 0.536. The number of fused-ring (bicyclic) bond motifs is 5. The van der Waals surface area contributed by atoms with Crippen molar-refractivity contribution in [3.63, 3.8) is 0 Å². The van der Waals surface area contributed by atoms with Gasteiger partial charge in [-0.1, -0.05) is 21.3 Å². The summed E-state index contributed by atoms with van der Waals surface area (Å²) in [6, 6.07) is 0. The van der Waals surface area contributed by atoms with E-state index in [1.165, 1.54) is 51.4 Å². The largest absolute Gasteiger partial charge is 0.384 e. The molecule has 0 saturated heterocycles. The first kappa shape index (κ1) is 24.0. The summed E-state index contributed by atoms with van der Waals surface area (Å²) < 4.78 is 7.36. The van der Waals surface area contributed by atoms with E-state index in [2.05, 4.69) is 18.9 Å². The molecule has 1 aromatic rings. The molecule has 0 aliphatic heterocycles. The number of aromatic nitrogens is 2. The minimum absolute atomic E-state index is 0. The summed E-state index contributed by atoms with van der Waals surface area (Å²) in [7, 11) is 1.86. The lowest BCUT2D eigenvalue weighted by Crippen LogP contribution is -2.54. The minimum atomic E-state index is 0. The third-order valence-corrected chi connectivity index (χ3v) is 10.6. The maximum Gasteiger partial charge on any atom is 0.157 e. The lowest BCUT2D eigenvalue weighted by Gasteiger charge is -2.61. The van der Waals surface area contributed by atoms with Crippen molar-refractivity contribution in [2.75, 3.05) is 13.7 Å². The summed E-state index contributed by atoms with van der Waals surface area (Å²) in [6.45, 7) is 8.55. The number of aryl methyl sites for hydroxylation is 1. The summed E-state index contributed by atoms with van der Waals surface area (Å²) >= 11 is 0. The topological polar surface area (TPSA) is 44.1 Å². The van der Waals surface area contributed by atoms with Crippen molar-refractivity contribution >= 4 is 5.78 Å². The molecule has 0 amide bonds. The number of nitrogens with zero attached hydrogens (tertiary/aromatic N) is 2. The third-order valence-electron chi connectivity index (χ3n) is 10.6. The Bertz CT molecular complexity index is 818. The van der Waals surface area contributed by atoms with Crippen LogP contribution < -0.4 is 0 Å². The normalized spacial score (nSPS) is 43.0. The monoisotopic (exact) mass is 442 g/mol. The fourth-order valence-corrected chi connectivity index (χ4v) is 9.09. The van der Waals surface area contributed by atoms with E-state index in [1.807, 2.05) is 31.1 Å². The van der Waals surface area contributed by atoms with E-state index < -0.39 is 0 Å². The van der Waals surface area contributed by atoms with Crippen molar-refractivity contribution in [3.8, 4) is 0 Å². The maximum absolute atomic E-state index is 13.4. The second-order valence-electron chi connectivity index (χ2n) is 12.1. The van der Waals surface area contributed by atoms with Crippen molar-refractivity contribution in [2.24, 2.45) is 46.3 Å². The molecular formula is C28H46N2O2. The van der Waals surface area contributed by atoms with Gasteiger partial charge in [-0.05, 0) is 111 Å². The highest BCUT2D eigenvalue weighted by molar-refractivity contribution is 5.82. The van der Waals surface area contributed by atoms with Gasteiger partial charge in [0.05, 0.1) is 12.7 Å². The van der Waals surface area contributed by atoms with Crippen LogP contribution in [0.5, 0.6) is 0 Å². The molecule has 4 saturated carbocycles. The van der Waals surface area contributed by atoms with Gasteiger partial charge in [-0.25, -0.2) is 0 Å². The Hall–Kier alpha value is -1.16. The third kappa shape index (κ3) is 3.79. The lowest BCUT2D eigenvalue weighted by atomic mass is 9.44. The fourth-order valence-electron chi connectivity index (χ4n) is 9.09. The van der Waals surface area contributed by atoms with Crippen molar-refractivity contribution < 1.29 is 9.53 Å². The minimum Gasteiger partial charge on any atom is -0.384 e. The molecule has 4 aliphatic carbocycles. The van der Waals surface area contributed by atoms with Crippen LogP contribution in [0.2, 0.25) is 0 Å². The van der Waals surface area contributed by atoms with Gasteiger partial charge < -0.3 is 4.74 Å². The van der Waals surface area contributed by atoms with Gasteiger partial charge in [0.15, 0.2) is 5.78 Å². The van der Waals surface area contributed by atoms with Crippen LogP contribution in [0.25, 0.3) is 0 Å². The number of methoxy groups -OCH3 is 1. The van der Waals surface area contributed by atoms with Crippen LogP contribution in [0, 0.1) is 53.3 Å². The van der Waals surface area contributed by atoms with Crippen molar-refractivity contribution in [1.82, 2.24) is 9.78 Å². The molecule has 0 N–H and O–H groups in total. The van der Waals surface area contributed by atoms with E-state index in [1.54, 1.807) is 0 Å². The van der Waals surface area contributed by atoms with Crippen LogP contribution >= 0.6 is 0 Å². The molecule has 4 fully saturated rings. The summed E-state index contributed by atoms with van der Waals surface area (Å²) in [5, 5.41) is 4.38. The molecule has 0 bridgehead atoms. The average Bonchev–Trinajstić information content (AvgIpc) is 3.30. The van der Waals surface area contributed by atoms with Gasteiger partial charge in [0, 0.05) is 25.8 Å². The molecule has 0 radical (unpaired) electrons. The van der Waals surface area contributed by atoms with E-state index in [0.29, 0.717) is 17.7 Å². The Balaban J connectivity index is 0.00000245. The van der Waals surface area contributed by atoms with Gasteiger partial charge in [-0.15, -0.1) is 0 Å². The number of hydrogen-bond acceptors (Lipinski definition) is 3. The predicted molar refractivity (Wildman–Crippen MR) is 129 cm³/mol.